The molecule has 1 aromatic rings. The molecule has 0 aliphatic carbocycles. The summed E-state index contributed by atoms with van der Waals surface area (Å²) >= 11 is 0. The Morgan fingerprint density at radius 2 is 1.88 bits per heavy atom. The number of carbonyl (C=O) groups excluding carboxylic acids is 1. The number of benzene rings is 1. The predicted octanol–water partition coefficient (Wildman–Crippen LogP) is 0.345. The third-order valence-electron chi connectivity index (χ3n) is 1.87. The van der Waals surface area contributed by atoms with E-state index in [1.807, 2.05) is 0 Å². The molecule has 0 saturated heterocycles. The molecular weight excluding hydrogens is 242 g/mol. The van der Waals surface area contributed by atoms with Crippen LogP contribution in [-0.4, -0.2) is 27.1 Å². The summed E-state index contributed by atoms with van der Waals surface area (Å²) in [6.07, 6.45) is 1.23. The average molecular weight is 257 g/mol. The first-order valence-electron chi connectivity index (χ1n) is 4.99. The molecule has 0 aliphatic rings. The zero-order valence-corrected chi connectivity index (χ0v) is 10.3. The van der Waals surface area contributed by atoms with Crippen LogP contribution in [0, 0.1) is 0 Å². The first kappa shape index (κ1) is 13.5. The third kappa shape index (κ3) is 4.83. The Balaban J connectivity index is 2.88. The van der Waals surface area contributed by atoms with E-state index in [1.165, 1.54) is 0 Å². The molecule has 0 saturated carbocycles. The monoisotopic (exact) mass is 257 g/mol. The Labute approximate surface area is 100 Å². The molecule has 0 fully saturated rings. The normalized spacial score (nSPS) is 10.9. The second kappa shape index (κ2) is 5.65. The SMILES string of the molecule is CS(=O)(=O)Nc1ccccc1NC(=O)CCN. The maximum atomic E-state index is 11.4. The van der Waals surface area contributed by atoms with Gasteiger partial charge in [0, 0.05) is 13.0 Å². The van der Waals surface area contributed by atoms with Gasteiger partial charge in [-0.05, 0) is 12.1 Å². The Hall–Kier alpha value is -1.60. The fraction of sp³-hybridized carbons (Fsp3) is 0.300. The molecule has 0 aliphatic heterocycles. The molecule has 4 N–H and O–H groups in total. The highest BCUT2D eigenvalue weighted by Gasteiger charge is 2.08. The molecule has 0 aromatic heterocycles. The van der Waals surface area contributed by atoms with Crippen LogP contribution in [0.4, 0.5) is 11.4 Å². The van der Waals surface area contributed by atoms with E-state index in [1.54, 1.807) is 24.3 Å². The molecule has 0 heterocycles. The van der Waals surface area contributed by atoms with Crippen molar-refractivity contribution in [1.82, 2.24) is 0 Å². The summed E-state index contributed by atoms with van der Waals surface area (Å²) in [6.45, 7) is 0.244. The van der Waals surface area contributed by atoms with Crippen LogP contribution in [0.5, 0.6) is 0 Å². The van der Waals surface area contributed by atoms with Gasteiger partial charge in [-0.3, -0.25) is 9.52 Å². The number of para-hydroxylation sites is 2. The molecule has 0 unspecified atom stereocenters. The molecule has 6 nitrogen and oxygen atoms in total. The van der Waals surface area contributed by atoms with Crippen LogP contribution in [-0.2, 0) is 14.8 Å². The number of anilines is 2. The van der Waals surface area contributed by atoms with Crippen molar-refractivity contribution in [2.45, 2.75) is 6.42 Å². The van der Waals surface area contributed by atoms with Crippen LogP contribution >= 0.6 is 0 Å². The zero-order chi connectivity index (χ0) is 12.9. The molecule has 1 amide bonds. The minimum Gasteiger partial charge on any atom is -0.330 e. The number of nitrogens with two attached hydrogens (primary N) is 1. The largest absolute Gasteiger partial charge is 0.330 e. The Kier molecular flexibility index (Phi) is 4.47. The summed E-state index contributed by atoms with van der Waals surface area (Å²) in [6, 6.07) is 6.55. The second-order valence-corrected chi connectivity index (χ2v) is 5.26. The number of hydrogen-bond donors (Lipinski definition) is 3. The Morgan fingerprint density at radius 3 is 2.41 bits per heavy atom. The third-order valence-corrected chi connectivity index (χ3v) is 2.46. The van der Waals surface area contributed by atoms with Crippen LogP contribution in [0.2, 0.25) is 0 Å². The molecule has 94 valence electrons. The average Bonchev–Trinajstić information content (AvgIpc) is 2.19. The highest BCUT2D eigenvalue weighted by molar-refractivity contribution is 7.92. The molecule has 0 spiro atoms. The Morgan fingerprint density at radius 1 is 1.29 bits per heavy atom. The van der Waals surface area contributed by atoms with Crippen LogP contribution < -0.4 is 15.8 Å². The summed E-state index contributed by atoms with van der Waals surface area (Å²) in [4.78, 5) is 11.4. The molecule has 1 rings (SSSR count). The van der Waals surface area contributed by atoms with E-state index in [4.69, 9.17) is 5.73 Å². The summed E-state index contributed by atoms with van der Waals surface area (Å²) in [5.41, 5.74) is 6.00. The zero-order valence-electron chi connectivity index (χ0n) is 9.43. The van der Waals surface area contributed by atoms with Crippen molar-refractivity contribution in [3.8, 4) is 0 Å². The van der Waals surface area contributed by atoms with Gasteiger partial charge >= 0.3 is 0 Å². The summed E-state index contributed by atoms with van der Waals surface area (Å²) in [5.74, 6) is -0.254. The minimum atomic E-state index is -3.37. The number of nitrogens with one attached hydrogen (secondary N) is 2. The topological polar surface area (TPSA) is 101 Å². The van der Waals surface area contributed by atoms with Gasteiger partial charge in [0.15, 0.2) is 0 Å². The molecule has 7 heteroatoms. The van der Waals surface area contributed by atoms with E-state index < -0.39 is 10.0 Å². The molecule has 0 bridgehead atoms. The number of hydrogen-bond acceptors (Lipinski definition) is 4. The lowest BCUT2D eigenvalue weighted by Crippen LogP contribution is -2.18. The highest BCUT2D eigenvalue weighted by atomic mass is 32.2. The van der Waals surface area contributed by atoms with Gasteiger partial charge < -0.3 is 11.1 Å². The number of carbonyl (C=O) groups is 1. The van der Waals surface area contributed by atoms with Gasteiger partial charge in [-0.15, -0.1) is 0 Å². The molecule has 1 aromatic carbocycles. The van der Waals surface area contributed by atoms with Crippen molar-refractivity contribution < 1.29 is 13.2 Å². The first-order valence-corrected chi connectivity index (χ1v) is 6.88. The first-order chi connectivity index (χ1) is 7.92. The van der Waals surface area contributed by atoms with Crippen molar-refractivity contribution in [3.05, 3.63) is 24.3 Å². The smallest absolute Gasteiger partial charge is 0.229 e. The Bertz CT molecular complexity index is 499. The standard InChI is InChI=1S/C10H15N3O3S/c1-17(15,16)13-9-5-3-2-4-8(9)12-10(14)6-7-11/h2-5,13H,6-7,11H2,1H3,(H,12,14). The lowest BCUT2D eigenvalue weighted by atomic mass is 10.2. The van der Waals surface area contributed by atoms with E-state index in [0.717, 1.165) is 6.26 Å². The van der Waals surface area contributed by atoms with Crippen LogP contribution in [0.15, 0.2) is 24.3 Å². The highest BCUT2D eigenvalue weighted by Crippen LogP contribution is 2.21. The second-order valence-electron chi connectivity index (χ2n) is 3.51. The van der Waals surface area contributed by atoms with Crippen LogP contribution in [0.3, 0.4) is 0 Å². The van der Waals surface area contributed by atoms with Crippen LogP contribution in [0.25, 0.3) is 0 Å². The minimum absolute atomic E-state index is 0.188. The van der Waals surface area contributed by atoms with Gasteiger partial charge in [0.25, 0.3) is 0 Å². The lowest BCUT2D eigenvalue weighted by Gasteiger charge is -2.11. The fourth-order valence-electron chi connectivity index (χ4n) is 1.22. The van der Waals surface area contributed by atoms with Crippen molar-refractivity contribution in [3.63, 3.8) is 0 Å². The van der Waals surface area contributed by atoms with Crippen LogP contribution in [0.1, 0.15) is 6.42 Å². The summed E-state index contributed by atoms with van der Waals surface area (Å²) in [7, 11) is -3.37. The molecule has 17 heavy (non-hydrogen) atoms. The van der Waals surface area contributed by atoms with Gasteiger partial charge in [-0.2, -0.15) is 0 Å². The molecular formula is C10H15N3O3S. The van der Waals surface area contributed by atoms with E-state index in [9.17, 15) is 13.2 Å². The maximum absolute atomic E-state index is 11.4. The van der Waals surface area contributed by atoms with Crippen molar-refractivity contribution in [1.29, 1.82) is 0 Å². The van der Waals surface area contributed by atoms with Gasteiger partial charge in [0.2, 0.25) is 15.9 Å². The van der Waals surface area contributed by atoms with Crippen molar-refractivity contribution in [2.24, 2.45) is 5.73 Å². The van der Waals surface area contributed by atoms with E-state index in [-0.39, 0.29) is 18.9 Å². The predicted molar refractivity (Wildman–Crippen MR) is 67.2 cm³/mol. The number of sulfonamides is 1. The number of rotatable bonds is 5. The molecule has 0 atom stereocenters. The lowest BCUT2D eigenvalue weighted by molar-refractivity contribution is -0.116. The van der Waals surface area contributed by atoms with E-state index in [0.29, 0.717) is 11.4 Å². The number of amides is 1. The van der Waals surface area contributed by atoms with Gasteiger partial charge in [-0.1, -0.05) is 12.1 Å². The van der Waals surface area contributed by atoms with E-state index in [2.05, 4.69) is 10.0 Å². The molecule has 0 radical (unpaired) electrons. The summed E-state index contributed by atoms with van der Waals surface area (Å²) in [5, 5.41) is 2.59. The van der Waals surface area contributed by atoms with Gasteiger partial charge in [0.1, 0.15) is 0 Å². The van der Waals surface area contributed by atoms with E-state index >= 15 is 0 Å². The quantitative estimate of drug-likeness (QED) is 0.708. The summed E-state index contributed by atoms with van der Waals surface area (Å²) < 4.78 is 24.6. The van der Waals surface area contributed by atoms with Gasteiger partial charge in [0.05, 0.1) is 17.6 Å². The van der Waals surface area contributed by atoms with Gasteiger partial charge in [-0.25, -0.2) is 8.42 Å². The fourth-order valence-corrected chi connectivity index (χ4v) is 1.80. The maximum Gasteiger partial charge on any atom is 0.229 e. The van der Waals surface area contributed by atoms with Crippen molar-refractivity contribution >= 4 is 27.3 Å². The van der Waals surface area contributed by atoms with Crippen molar-refractivity contribution in [2.75, 3.05) is 22.8 Å².